The van der Waals surface area contributed by atoms with Crippen LogP contribution in [-0.2, 0) is 49.6 Å². The Hall–Kier alpha value is -5.96. The van der Waals surface area contributed by atoms with Crippen LogP contribution < -0.4 is 43.0 Å². The Morgan fingerprint density at radius 3 is 1.81 bits per heavy atom. The van der Waals surface area contributed by atoms with Crippen molar-refractivity contribution in [2.75, 3.05) is 27.2 Å². The van der Waals surface area contributed by atoms with E-state index in [0.717, 1.165) is 49.6 Å². The molecular weight excluding hydrogens is 774 g/mol. The van der Waals surface area contributed by atoms with Crippen molar-refractivity contribution < 1.29 is 58.2 Å². The number of hydrogen-bond donors (Lipinski definition) is 10. The molecule has 0 radical (unpaired) electrons. The molecule has 9 amide bonds. The highest BCUT2D eigenvalue weighted by atomic mass is 16.3. The van der Waals surface area contributed by atoms with Crippen molar-refractivity contribution in [1.82, 2.24) is 42.1 Å². The smallest absolute Gasteiger partial charge is 0.289 e. The Balaban J connectivity index is 2.80. The molecule has 0 aliphatic heterocycles. The van der Waals surface area contributed by atoms with E-state index in [1.165, 1.54) is 34.7 Å². The van der Waals surface area contributed by atoms with Crippen molar-refractivity contribution >= 4 is 58.9 Å². The molecule has 3 unspecified atom stereocenters. The second kappa shape index (κ2) is 25.4. The second-order valence-electron chi connectivity index (χ2n) is 14.0. The lowest BCUT2D eigenvalue weighted by atomic mass is 10.0. The Morgan fingerprint density at radius 1 is 0.712 bits per heavy atom. The standard InChI is InChI=1S/C38H59N9O12/c1-8-9-10-11-12-24-13-15-25(16-14-24)34(55)46-27(19-48)36(57)43-21(3)32(53)41-18-29(51)47(7)30(23(5)49)37(58)44-22(4)33(54)45-26(17-28(39)50)35(56)42-20(2)31(52)38(59)40-6/h13-16,20-23,26-27,30,48-49H,8-12,17-19H2,1-7H3,(H2,39,50)(H,40,59)(H,41,53)(H,42,56)(H,43,57)(H,44,58)(H,45,54)(H,46,55)/t20?,21-,22+,23?,26+,27-,30?/m1/s1. The number of Topliss-reactive ketones (excluding diaryl/α,β-unsaturated/α-hetero) is 1. The van der Waals surface area contributed by atoms with Gasteiger partial charge in [0.05, 0.1) is 31.7 Å². The van der Waals surface area contributed by atoms with Crippen LogP contribution in [0.2, 0.25) is 0 Å². The fraction of sp³-hybridized carbons (Fsp3) is 0.579. The molecule has 0 aliphatic carbocycles. The summed E-state index contributed by atoms with van der Waals surface area (Å²) in [6.45, 7) is 5.51. The minimum Gasteiger partial charge on any atom is -0.394 e. The van der Waals surface area contributed by atoms with Gasteiger partial charge in [0.15, 0.2) is 0 Å². The molecule has 11 N–H and O–H groups in total. The number of aliphatic hydroxyl groups excluding tert-OH is 2. The molecule has 0 fully saturated rings. The molecule has 0 aromatic heterocycles. The molecular formula is C38H59N9O12. The van der Waals surface area contributed by atoms with Crippen molar-refractivity contribution in [1.29, 1.82) is 0 Å². The van der Waals surface area contributed by atoms with Crippen molar-refractivity contribution in [2.45, 2.75) is 115 Å². The molecule has 0 heterocycles. The van der Waals surface area contributed by atoms with Gasteiger partial charge in [0.2, 0.25) is 47.1 Å². The van der Waals surface area contributed by atoms with E-state index in [0.29, 0.717) is 0 Å². The zero-order chi connectivity index (χ0) is 45.0. The highest BCUT2D eigenvalue weighted by Crippen LogP contribution is 2.11. The summed E-state index contributed by atoms with van der Waals surface area (Å²) in [4.78, 5) is 126. The number of carbonyl (C=O) groups excluding carboxylic acids is 10. The summed E-state index contributed by atoms with van der Waals surface area (Å²) >= 11 is 0. The van der Waals surface area contributed by atoms with Gasteiger partial charge in [-0.25, -0.2) is 0 Å². The molecule has 1 aromatic rings. The van der Waals surface area contributed by atoms with Crippen LogP contribution in [0, 0.1) is 0 Å². The average Bonchev–Trinajstić information content (AvgIpc) is 3.18. The number of hydrogen-bond acceptors (Lipinski definition) is 12. The number of unbranched alkanes of at least 4 members (excludes halogenated alkanes) is 3. The van der Waals surface area contributed by atoms with Gasteiger partial charge in [0.25, 0.3) is 11.8 Å². The van der Waals surface area contributed by atoms with Crippen LogP contribution in [0.4, 0.5) is 0 Å². The topological polar surface area (TPSA) is 325 Å². The maximum atomic E-state index is 13.2. The summed E-state index contributed by atoms with van der Waals surface area (Å²) < 4.78 is 0. The van der Waals surface area contributed by atoms with Gasteiger partial charge in [-0.1, -0.05) is 38.3 Å². The molecule has 21 heteroatoms. The lowest BCUT2D eigenvalue weighted by Gasteiger charge is -2.30. The monoisotopic (exact) mass is 833 g/mol. The SMILES string of the molecule is CCCCCCc1ccc(C(=O)N[C@H](CO)C(=O)N[C@H](C)C(=O)NCC(=O)N(C)C(C(=O)N[C@@H](C)C(=O)N[C@@H](CC(N)=O)C(=O)NC(C)C(=O)C(=O)NC)C(C)O)cc1. The minimum absolute atomic E-state index is 0.267. The maximum absolute atomic E-state index is 13.2. The summed E-state index contributed by atoms with van der Waals surface area (Å²) in [6, 6.07) is -1.79. The Kier molecular flexibility index (Phi) is 22.0. The van der Waals surface area contributed by atoms with Crippen LogP contribution in [0.25, 0.3) is 0 Å². The van der Waals surface area contributed by atoms with Gasteiger partial charge in [-0.3, -0.25) is 47.9 Å². The van der Waals surface area contributed by atoms with Crippen LogP contribution >= 0.6 is 0 Å². The minimum atomic E-state index is -1.62. The zero-order valence-electron chi connectivity index (χ0n) is 34.5. The number of carbonyl (C=O) groups is 10. The Bertz CT molecular complexity index is 1670. The van der Waals surface area contributed by atoms with E-state index in [1.54, 1.807) is 12.1 Å². The fourth-order valence-corrected chi connectivity index (χ4v) is 5.48. The number of aliphatic hydroxyl groups is 2. The largest absolute Gasteiger partial charge is 0.394 e. The molecule has 0 saturated heterocycles. The van der Waals surface area contributed by atoms with Gasteiger partial charge >= 0.3 is 0 Å². The van der Waals surface area contributed by atoms with Gasteiger partial charge in [0, 0.05) is 19.7 Å². The maximum Gasteiger partial charge on any atom is 0.289 e. The fourth-order valence-electron chi connectivity index (χ4n) is 5.48. The van der Waals surface area contributed by atoms with Crippen LogP contribution in [0.1, 0.15) is 82.6 Å². The summed E-state index contributed by atoms with van der Waals surface area (Å²) in [7, 11) is 2.35. The van der Waals surface area contributed by atoms with E-state index in [-0.39, 0.29) is 5.56 Å². The average molecular weight is 834 g/mol. The number of rotatable bonds is 25. The first kappa shape index (κ1) is 51.1. The number of ketones is 1. The predicted octanol–water partition coefficient (Wildman–Crippen LogP) is -3.59. The number of nitrogens with zero attached hydrogens (tertiary/aromatic N) is 1. The van der Waals surface area contributed by atoms with E-state index in [2.05, 4.69) is 44.1 Å². The number of primary amides is 1. The lowest BCUT2D eigenvalue weighted by Crippen LogP contribution is -2.60. The normalized spacial score (nSPS) is 14.3. The highest BCUT2D eigenvalue weighted by Gasteiger charge is 2.35. The third kappa shape index (κ3) is 17.2. The predicted molar refractivity (Wildman–Crippen MR) is 212 cm³/mol. The zero-order valence-corrected chi connectivity index (χ0v) is 34.5. The van der Waals surface area contributed by atoms with E-state index >= 15 is 0 Å². The van der Waals surface area contributed by atoms with E-state index < -0.39 is 121 Å². The Labute approximate surface area is 342 Å². The molecule has 7 atom stereocenters. The number of nitrogens with two attached hydrogens (primary N) is 1. The van der Waals surface area contributed by atoms with Gasteiger partial charge < -0.3 is 58.1 Å². The summed E-state index contributed by atoms with van der Waals surface area (Å²) in [5.74, 6) is -9.29. The van der Waals surface area contributed by atoms with Crippen molar-refractivity contribution in [3.63, 3.8) is 0 Å². The molecule has 0 aliphatic rings. The lowest BCUT2D eigenvalue weighted by molar-refractivity contribution is -0.144. The third-order valence-corrected chi connectivity index (χ3v) is 9.03. The van der Waals surface area contributed by atoms with Crippen LogP contribution in [0.5, 0.6) is 0 Å². The van der Waals surface area contributed by atoms with Crippen molar-refractivity contribution in [2.24, 2.45) is 5.73 Å². The molecule has 0 bridgehead atoms. The molecule has 1 rings (SSSR count). The second-order valence-corrected chi connectivity index (χ2v) is 14.0. The van der Waals surface area contributed by atoms with Crippen molar-refractivity contribution in [3.05, 3.63) is 35.4 Å². The quantitative estimate of drug-likeness (QED) is 0.0338. The number of nitrogens with one attached hydrogen (secondary N) is 7. The summed E-state index contributed by atoms with van der Waals surface area (Å²) in [5, 5.41) is 36.1. The number of likely N-dealkylation sites (N-methyl/N-ethyl adjacent to an activating group) is 2. The van der Waals surface area contributed by atoms with Crippen LogP contribution in [0.15, 0.2) is 24.3 Å². The molecule has 59 heavy (non-hydrogen) atoms. The number of amides is 9. The van der Waals surface area contributed by atoms with E-state index in [9.17, 15) is 58.2 Å². The molecule has 0 saturated carbocycles. The molecule has 1 aromatic carbocycles. The number of aryl methyl sites for hydroxylation is 1. The number of benzene rings is 1. The Morgan fingerprint density at radius 2 is 1.27 bits per heavy atom. The molecule has 328 valence electrons. The van der Waals surface area contributed by atoms with Crippen LogP contribution in [-0.4, -0.2) is 144 Å². The van der Waals surface area contributed by atoms with Crippen LogP contribution in [0.3, 0.4) is 0 Å². The molecule has 0 spiro atoms. The molecule has 21 nitrogen and oxygen atoms in total. The van der Waals surface area contributed by atoms with E-state index in [4.69, 9.17) is 5.73 Å². The van der Waals surface area contributed by atoms with Gasteiger partial charge in [0.1, 0.15) is 30.2 Å². The first-order chi connectivity index (χ1) is 27.7. The highest BCUT2D eigenvalue weighted by molar-refractivity contribution is 6.38. The summed E-state index contributed by atoms with van der Waals surface area (Å²) in [6.07, 6.45) is 3.03. The van der Waals surface area contributed by atoms with E-state index in [1.807, 2.05) is 12.1 Å². The van der Waals surface area contributed by atoms with Crippen molar-refractivity contribution in [3.8, 4) is 0 Å². The summed E-state index contributed by atoms with van der Waals surface area (Å²) in [5.41, 5.74) is 6.53. The van der Waals surface area contributed by atoms with Gasteiger partial charge in [-0.2, -0.15) is 0 Å². The van der Waals surface area contributed by atoms with Gasteiger partial charge in [-0.05, 0) is 58.2 Å². The first-order valence-corrected chi connectivity index (χ1v) is 19.2. The first-order valence-electron chi connectivity index (χ1n) is 19.2. The van der Waals surface area contributed by atoms with Gasteiger partial charge in [-0.15, -0.1) is 0 Å². The third-order valence-electron chi connectivity index (χ3n) is 9.03.